The third kappa shape index (κ3) is 3.71. The zero-order valence-electron chi connectivity index (χ0n) is 16.2. The minimum Gasteiger partial charge on any atom is -0.324 e. The molecule has 2 aromatic heterocycles. The molecule has 1 amide bonds. The van der Waals surface area contributed by atoms with Crippen LogP contribution in [0.25, 0.3) is 32.1 Å². The van der Waals surface area contributed by atoms with E-state index in [1.807, 2.05) is 60.0 Å². The Bertz CT molecular complexity index is 1480. The molecule has 152 valence electrons. The first kappa shape index (κ1) is 19.5. The minimum atomic E-state index is -0.289. The van der Waals surface area contributed by atoms with Crippen LogP contribution in [0, 0.1) is 0 Å². The molecule has 0 aliphatic heterocycles. The first-order chi connectivity index (χ1) is 15.1. The standard InChI is InChI=1S/C24H16ClN3O2S/c25-17-10-8-16(9-11-17)19-13-31-23-22(19)24(30)28(14-26-23)12-21(29)27-20-7-3-5-15-4-1-2-6-18(15)20/h1-11,13-14H,12H2,(H,27,29). The summed E-state index contributed by atoms with van der Waals surface area (Å²) in [6, 6.07) is 20.9. The Kier molecular flexibility index (Phi) is 5.02. The number of nitrogens with one attached hydrogen (secondary N) is 1. The fourth-order valence-electron chi connectivity index (χ4n) is 3.60. The Morgan fingerprint density at radius 1 is 1.03 bits per heavy atom. The average Bonchev–Trinajstić information content (AvgIpc) is 3.21. The normalized spacial score (nSPS) is 11.1. The number of rotatable bonds is 4. The van der Waals surface area contributed by atoms with Crippen molar-refractivity contribution in [2.45, 2.75) is 6.54 Å². The Morgan fingerprint density at radius 3 is 2.65 bits per heavy atom. The van der Waals surface area contributed by atoms with Crippen LogP contribution < -0.4 is 10.9 Å². The van der Waals surface area contributed by atoms with Crippen LogP contribution in [-0.2, 0) is 11.3 Å². The number of halogens is 1. The van der Waals surface area contributed by atoms with Gasteiger partial charge in [0.15, 0.2) is 0 Å². The second-order valence-corrected chi connectivity index (χ2v) is 8.38. The maximum Gasteiger partial charge on any atom is 0.263 e. The SMILES string of the molecule is O=C(Cn1cnc2scc(-c3ccc(Cl)cc3)c2c1=O)Nc1cccc2ccccc12. The van der Waals surface area contributed by atoms with Gasteiger partial charge in [0.2, 0.25) is 5.91 Å². The van der Waals surface area contributed by atoms with Gasteiger partial charge in [-0.2, -0.15) is 0 Å². The maximum atomic E-state index is 13.2. The summed E-state index contributed by atoms with van der Waals surface area (Å²) in [5.74, 6) is -0.289. The smallest absolute Gasteiger partial charge is 0.263 e. The van der Waals surface area contributed by atoms with E-state index in [1.54, 1.807) is 12.1 Å². The van der Waals surface area contributed by atoms with Gasteiger partial charge in [-0.1, -0.05) is 60.1 Å². The highest BCUT2D eigenvalue weighted by Gasteiger charge is 2.15. The van der Waals surface area contributed by atoms with Gasteiger partial charge in [-0.25, -0.2) is 4.98 Å². The van der Waals surface area contributed by atoms with Crippen LogP contribution in [0.15, 0.2) is 83.2 Å². The third-order valence-electron chi connectivity index (χ3n) is 5.09. The first-order valence-electron chi connectivity index (χ1n) is 9.60. The van der Waals surface area contributed by atoms with Crippen molar-refractivity contribution in [3.8, 4) is 11.1 Å². The quantitative estimate of drug-likeness (QED) is 0.393. The summed E-state index contributed by atoms with van der Waals surface area (Å²) in [6.45, 7) is -0.124. The van der Waals surface area contributed by atoms with E-state index in [9.17, 15) is 9.59 Å². The van der Waals surface area contributed by atoms with Crippen LogP contribution >= 0.6 is 22.9 Å². The number of anilines is 1. The predicted molar refractivity (Wildman–Crippen MR) is 127 cm³/mol. The van der Waals surface area contributed by atoms with E-state index in [4.69, 9.17) is 11.6 Å². The van der Waals surface area contributed by atoms with Crippen molar-refractivity contribution < 1.29 is 4.79 Å². The lowest BCUT2D eigenvalue weighted by Crippen LogP contribution is -2.27. The lowest BCUT2D eigenvalue weighted by molar-refractivity contribution is -0.116. The van der Waals surface area contributed by atoms with Crippen molar-refractivity contribution in [2.24, 2.45) is 0 Å². The number of aromatic nitrogens is 2. The molecule has 5 rings (SSSR count). The molecule has 0 saturated heterocycles. The number of fused-ring (bicyclic) bond motifs is 2. The highest BCUT2D eigenvalue weighted by atomic mass is 35.5. The van der Waals surface area contributed by atoms with Gasteiger partial charge >= 0.3 is 0 Å². The van der Waals surface area contributed by atoms with Crippen LogP contribution in [0.1, 0.15) is 0 Å². The zero-order valence-corrected chi connectivity index (χ0v) is 17.8. The Hall–Kier alpha value is -3.48. The summed E-state index contributed by atoms with van der Waals surface area (Å²) in [7, 11) is 0. The molecule has 0 spiro atoms. The molecule has 31 heavy (non-hydrogen) atoms. The number of amides is 1. The summed E-state index contributed by atoms with van der Waals surface area (Å²) >= 11 is 7.39. The van der Waals surface area contributed by atoms with Gasteiger partial charge in [-0.05, 0) is 29.1 Å². The van der Waals surface area contributed by atoms with Gasteiger partial charge < -0.3 is 5.32 Å². The number of carbonyl (C=O) groups is 1. The van der Waals surface area contributed by atoms with Gasteiger partial charge in [0.1, 0.15) is 11.4 Å². The molecule has 2 heterocycles. The summed E-state index contributed by atoms with van der Waals surface area (Å²) in [4.78, 5) is 30.9. The number of hydrogen-bond donors (Lipinski definition) is 1. The predicted octanol–water partition coefficient (Wildman–Crippen LogP) is 5.57. The molecule has 7 heteroatoms. The van der Waals surface area contributed by atoms with E-state index in [2.05, 4.69) is 10.3 Å². The van der Waals surface area contributed by atoms with Crippen LogP contribution in [0.4, 0.5) is 5.69 Å². The van der Waals surface area contributed by atoms with Gasteiger partial charge in [0.05, 0.1) is 11.7 Å². The molecule has 0 aliphatic carbocycles. The maximum absolute atomic E-state index is 13.2. The molecular weight excluding hydrogens is 430 g/mol. The lowest BCUT2D eigenvalue weighted by atomic mass is 10.1. The second kappa shape index (κ2) is 7.98. The molecule has 0 unspecified atom stereocenters. The van der Waals surface area contributed by atoms with Gasteiger partial charge in [-0.15, -0.1) is 11.3 Å². The molecule has 0 aliphatic rings. The van der Waals surface area contributed by atoms with Crippen molar-refractivity contribution >= 4 is 55.5 Å². The Morgan fingerprint density at radius 2 is 1.81 bits per heavy atom. The van der Waals surface area contributed by atoms with E-state index in [0.717, 1.165) is 21.9 Å². The van der Waals surface area contributed by atoms with E-state index < -0.39 is 0 Å². The monoisotopic (exact) mass is 445 g/mol. The summed E-state index contributed by atoms with van der Waals surface area (Å²) in [5.41, 5.74) is 2.14. The largest absolute Gasteiger partial charge is 0.324 e. The molecule has 0 radical (unpaired) electrons. The fraction of sp³-hybridized carbons (Fsp3) is 0.0417. The van der Waals surface area contributed by atoms with Crippen LogP contribution in [-0.4, -0.2) is 15.5 Å². The highest BCUT2D eigenvalue weighted by Crippen LogP contribution is 2.31. The molecule has 5 nitrogen and oxygen atoms in total. The average molecular weight is 446 g/mol. The summed E-state index contributed by atoms with van der Waals surface area (Å²) < 4.78 is 1.34. The zero-order chi connectivity index (χ0) is 21.4. The summed E-state index contributed by atoms with van der Waals surface area (Å²) in [6.07, 6.45) is 1.43. The number of thiophene rings is 1. The summed E-state index contributed by atoms with van der Waals surface area (Å²) in [5, 5.41) is 7.94. The van der Waals surface area contributed by atoms with Crippen molar-refractivity contribution in [3.05, 3.63) is 93.8 Å². The van der Waals surface area contributed by atoms with Crippen molar-refractivity contribution in [1.82, 2.24) is 9.55 Å². The van der Waals surface area contributed by atoms with Crippen LogP contribution in [0.2, 0.25) is 5.02 Å². The van der Waals surface area contributed by atoms with Crippen molar-refractivity contribution in [3.63, 3.8) is 0 Å². The molecule has 3 aromatic carbocycles. The molecule has 0 atom stereocenters. The first-order valence-corrected chi connectivity index (χ1v) is 10.9. The van der Waals surface area contributed by atoms with Crippen molar-refractivity contribution in [2.75, 3.05) is 5.32 Å². The molecular formula is C24H16ClN3O2S. The van der Waals surface area contributed by atoms with Crippen LogP contribution in [0.3, 0.4) is 0 Å². The number of carbonyl (C=O) groups excluding carboxylic acids is 1. The van der Waals surface area contributed by atoms with E-state index in [1.165, 1.54) is 22.2 Å². The lowest BCUT2D eigenvalue weighted by Gasteiger charge is -2.10. The Balaban J connectivity index is 1.47. The molecule has 1 N–H and O–H groups in total. The van der Waals surface area contributed by atoms with Gasteiger partial charge in [0.25, 0.3) is 5.56 Å². The second-order valence-electron chi connectivity index (χ2n) is 7.09. The van der Waals surface area contributed by atoms with E-state index in [0.29, 0.717) is 20.9 Å². The highest BCUT2D eigenvalue weighted by molar-refractivity contribution is 7.17. The topological polar surface area (TPSA) is 64.0 Å². The van der Waals surface area contributed by atoms with Gasteiger partial charge in [-0.3, -0.25) is 14.2 Å². The molecule has 5 aromatic rings. The van der Waals surface area contributed by atoms with Crippen LogP contribution in [0.5, 0.6) is 0 Å². The van der Waals surface area contributed by atoms with E-state index >= 15 is 0 Å². The third-order valence-corrected chi connectivity index (χ3v) is 6.23. The van der Waals surface area contributed by atoms with Crippen molar-refractivity contribution in [1.29, 1.82) is 0 Å². The molecule has 0 saturated carbocycles. The number of hydrogen-bond acceptors (Lipinski definition) is 4. The Labute approximate surface area is 186 Å². The number of benzene rings is 3. The minimum absolute atomic E-state index is 0.124. The van der Waals surface area contributed by atoms with Gasteiger partial charge in [0, 0.05) is 27.0 Å². The van der Waals surface area contributed by atoms with E-state index in [-0.39, 0.29) is 18.0 Å². The molecule has 0 fully saturated rings. The molecule has 0 bridgehead atoms. The fourth-order valence-corrected chi connectivity index (χ4v) is 4.63. The number of nitrogens with zero attached hydrogens (tertiary/aromatic N) is 2.